The molecular formula is C12H21NO3. The molecule has 1 N–H and O–H groups in total. The summed E-state index contributed by atoms with van der Waals surface area (Å²) in [6, 6.07) is 0.944. The molecule has 16 heavy (non-hydrogen) atoms. The van der Waals surface area contributed by atoms with Crippen LogP contribution in [0, 0.1) is 0 Å². The third kappa shape index (κ3) is 2.95. The normalized spacial score (nSPS) is 30.6. The molecule has 92 valence electrons. The SMILES string of the molecule is CCC1CC(N(CC(=O)O)C2CC2)CCO1. The first-order chi connectivity index (χ1) is 7.70. The topological polar surface area (TPSA) is 49.8 Å². The Balaban J connectivity index is 1.93. The predicted octanol–water partition coefficient (Wildman–Crippen LogP) is 1.49. The average Bonchev–Trinajstić information content (AvgIpc) is 3.09. The van der Waals surface area contributed by atoms with Crippen molar-refractivity contribution in [2.75, 3.05) is 13.2 Å². The van der Waals surface area contributed by atoms with Crippen LogP contribution in [0.25, 0.3) is 0 Å². The van der Waals surface area contributed by atoms with E-state index in [1.165, 1.54) is 12.8 Å². The summed E-state index contributed by atoms with van der Waals surface area (Å²) in [5.41, 5.74) is 0. The van der Waals surface area contributed by atoms with Gasteiger partial charge in [0.05, 0.1) is 12.6 Å². The largest absolute Gasteiger partial charge is 0.480 e. The summed E-state index contributed by atoms with van der Waals surface area (Å²) < 4.78 is 5.64. The van der Waals surface area contributed by atoms with Gasteiger partial charge >= 0.3 is 5.97 Å². The van der Waals surface area contributed by atoms with Crippen molar-refractivity contribution in [3.8, 4) is 0 Å². The van der Waals surface area contributed by atoms with Crippen molar-refractivity contribution in [3.63, 3.8) is 0 Å². The molecule has 0 bridgehead atoms. The van der Waals surface area contributed by atoms with Crippen molar-refractivity contribution in [1.29, 1.82) is 0 Å². The minimum atomic E-state index is -0.702. The molecule has 0 radical (unpaired) electrons. The van der Waals surface area contributed by atoms with E-state index in [1.54, 1.807) is 0 Å². The maximum Gasteiger partial charge on any atom is 0.317 e. The smallest absolute Gasteiger partial charge is 0.317 e. The Labute approximate surface area is 96.6 Å². The first-order valence-electron chi connectivity index (χ1n) is 6.29. The Morgan fingerprint density at radius 1 is 1.38 bits per heavy atom. The van der Waals surface area contributed by atoms with Crippen LogP contribution in [0.1, 0.15) is 39.0 Å². The zero-order valence-electron chi connectivity index (χ0n) is 9.89. The maximum absolute atomic E-state index is 10.9. The lowest BCUT2D eigenvalue weighted by molar-refractivity contribution is -0.140. The van der Waals surface area contributed by atoms with E-state index in [0.29, 0.717) is 18.2 Å². The van der Waals surface area contributed by atoms with Crippen LogP contribution in [0.2, 0.25) is 0 Å². The molecule has 4 heteroatoms. The molecule has 2 aliphatic rings. The number of hydrogen-bond donors (Lipinski definition) is 1. The second kappa shape index (κ2) is 5.15. The molecule has 0 aromatic heterocycles. The minimum absolute atomic E-state index is 0.200. The van der Waals surface area contributed by atoms with Gasteiger partial charge in [-0.3, -0.25) is 9.69 Å². The van der Waals surface area contributed by atoms with Crippen molar-refractivity contribution in [1.82, 2.24) is 4.90 Å². The van der Waals surface area contributed by atoms with Gasteiger partial charge in [-0.25, -0.2) is 0 Å². The van der Waals surface area contributed by atoms with Gasteiger partial charge in [0.2, 0.25) is 0 Å². The summed E-state index contributed by atoms with van der Waals surface area (Å²) in [6.45, 7) is 3.11. The fraction of sp³-hybridized carbons (Fsp3) is 0.917. The third-order valence-corrected chi connectivity index (χ3v) is 3.60. The van der Waals surface area contributed by atoms with Crippen LogP contribution in [0.4, 0.5) is 0 Å². The minimum Gasteiger partial charge on any atom is -0.480 e. The van der Waals surface area contributed by atoms with Crippen LogP contribution in [0.3, 0.4) is 0 Å². The van der Waals surface area contributed by atoms with E-state index >= 15 is 0 Å². The fourth-order valence-electron chi connectivity index (χ4n) is 2.56. The monoisotopic (exact) mass is 227 g/mol. The molecule has 2 rings (SSSR count). The molecule has 2 fully saturated rings. The number of carboxylic acid groups (broad SMARTS) is 1. The number of carboxylic acids is 1. The molecule has 1 heterocycles. The van der Waals surface area contributed by atoms with Crippen LogP contribution in [-0.4, -0.2) is 47.3 Å². The lowest BCUT2D eigenvalue weighted by Crippen LogP contribution is -2.45. The van der Waals surface area contributed by atoms with Gasteiger partial charge in [0.15, 0.2) is 0 Å². The molecule has 1 saturated heterocycles. The van der Waals surface area contributed by atoms with Crippen LogP contribution in [0.15, 0.2) is 0 Å². The standard InChI is InChI=1S/C12H21NO3/c1-2-11-7-10(5-6-16-11)13(8-12(14)15)9-3-4-9/h9-11H,2-8H2,1H3,(H,14,15). The zero-order chi connectivity index (χ0) is 11.5. The Kier molecular flexibility index (Phi) is 3.82. The van der Waals surface area contributed by atoms with Gasteiger partial charge in [-0.15, -0.1) is 0 Å². The second-order valence-electron chi connectivity index (χ2n) is 4.88. The highest BCUT2D eigenvalue weighted by atomic mass is 16.5. The number of rotatable bonds is 5. The van der Waals surface area contributed by atoms with Crippen molar-refractivity contribution >= 4 is 5.97 Å². The van der Waals surface area contributed by atoms with Gasteiger partial charge in [-0.05, 0) is 32.1 Å². The van der Waals surface area contributed by atoms with E-state index < -0.39 is 5.97 Å². The van der Waals surface area contributed by atoms with Crippen molar-refractivity contribution in [2.24, 2.45) is 0 Å². The van der Waals surface area contributed by atoms with Crippen molar-refractivity contribution < 1.29 is 14.6 Å². The zero-order valence-corrected chi connectivity index (χ0v) is 9.89. The van der Waals surface area contributed by atoms with Crippen LogP contribution in [-0.2, 0) is 9.53 Å². The third-order valence-electron chi connectivity index (χ3n) is 3.60. The van der Waals surface area contributed by atoms with Gasteiger partial charge in [-0.2, -0.15) is 0 Å². The molecule has 1 aliphatic heterocycles. The Hall–Kier alpha value is -0.610. The highest BCUT2D eigenvalue weighted by Gasteiger charge is 2.37. The number of aliphatic carboxylic acids is 1. The van der Waals surface area contributed by atoms with Crippen LogP contribution >= 0.6 is 0 Å². The number of carbonyl (C=O) groups is 1. The predicted molar refractivity (Wildman–Crippen MR) is 60.4 cm³/mol. The Bertz CT molecular complexity index is 253. The molecular weight excluding hydrogens is 206 g/mol. The van der Waals surface area contributed by atoms with Gasteiger partial charge in [-0.1, -0.05) is 6.92 Å². The molecule has 0 spiro atoms. The van der Waals surface area contributed by atoms with Crippen molar-refractivity contribution in [3.05, 3.63) is 0 Å². The molecule has 4 nitrogen and oxygen atoms in total. The van der Waals surface area contributed by atoms with Gasteiger partial charge in [0.1, 0.15) is 0 Å². The van der Waals surface area contributed by atoms with Gasteiger partial charge < -0.3 is 9.84 Å². The number of ether oxygens (including phenoxy) is 1. The second-order valence-corrected chi connectivity index (χ2v) is 4.88. The summed E-state index contributed by atoms with van der Waals surface area (Å²) in [5, 5.41) is 8.94. The first kappa shape index (κ1) is 11.9. The van der Waals surface area contributed by atoms with Crippen molar-refractivity contribution in [2.45, 2.75) is 57.2 Å². The molecule has 1 saturated carbocycles. The van der Waals surface area contributed by atoms with E-state index in [0.717, 1.165) is 25.9 Å². The molecule has 2 unspecified atom stereocenters. The van der Waals surface area contributed by atoms with E-state index in [-0.39, 0.29) is 6.54 Å². The summed E-state index contributed by atoms with van der Waals surface area (Å²) in [7, 11) is 0. The highest BCUT2D eigenvalue weighted by Crippen LogP contribution is 2.32. The van der Waals surface area contributed by atoms with E-state index in [9.17, 15) is 4.79 Å². The van der Waals surface area contributed by atoms with E-state index in [4.69, 9.17) is 9.84 Å². The molecule has 1 aliphatic carbocycles. The summed E-state index contributed by atoms with van der Waals surface area (Å²) in [4.78, 5) is 13.1. The van der Waals surface area contributed by atoms with Gasteiger partial charge in [0.25, 0.3) is 0 Å². The van der Waals surface area contributed by atoms with Gasteiger partial charge in [0, 0.05) is 18.7 Å². The average molecular weight is 227 g/mol. The van der Waals surface area contributed by atoms with Crippen LogP contribution < -0.4 is 0 Å². The Morgan fingerprint density at radius 3 is 2.69 bits per heavy atom. The first-order valence-corrected chi connectivity index (χ1v) is 6.29. The van der Waals surface area contributed by atoms with Crippen LogP contribution in [0.5, 0.6) is 0 Å². The molecule has 2 atom stereocenters. The maximum atomic E-state index is 10.9. The molecule has 0 amide bonds. The number of hydrogen-bond acceptors (Lipinski definition) is 3. The summed E-state index contributed by atoms with van der Waals surface area (Å²) in [5.74, 6) is -0.702. The Morgan fingerprint density at radius 2 is 2.12 bits per heavy atom. The van der Waals surface area contributed by atoms with E-state index in [2.05, 4.69) is 11.8 Å². The lowest BCUT2D eigenvalue weighted by Gasteiger charge is -2.36. The summed E-state index contributed by atoms with van der Waals surface area (Å²) in [6.07, 6.45) is 5.68. The molecule has 0 aromatic carbocycles. The quantitative estimate of drug-likeness (QED) is 0.773. The molecule has 0 aromatic rings. The highest BCUT2D eigenvalue weighted by molar-refractivity contribution is 5.69. The fourth-order valence-corrected chi connectivity index (χ4v) is 2.56. The summed E-state index contributed by atoms with van der Waals surface area (Å²) >= 11 is 0. The van der Waals surface area contributed by atoms with E-state index in [1.807, 2.05) is 0 Å². The lowest BCUT2D eigenvalue weighted by atomic mass is 9.99. The number of nitrogens with zero attached hydrogens (tertiary/aromatic N) is 1.